The highest BCUT2D eigenvalue weighted by molar-refractivity contribution is 7.89. The third kappa shape index (κ3) is 6.89. The summed E-state index contributed by atoms with van der Waals surface area (Å²) in [5.41, 5.74) is 0.918. The van der Waals surface area contributed by atoms with Crippen molar-refractivity contribution in [2.24, 2.45) is 0 Å². The van der Waals surface area contributed by atoms with Crippen molar-refractivity contribution < 1.29 is 32.3 Å². The Bertz CT molecular complexity index is 729. The van der Waals surface area contributed by atoms with Gasteiger partial charge in [-0.3, -0.25) is 14.9 Å². The second kappa shape index (κ2) is 9.14. The molecule has 0 saturated carbocycles. The highest BCUT2D eigenvalue weighted by Crippen LogP contribution is 2.09. The average molecular weight is 372 g/mol. The number of rotatable bonds is 7. The van der Waals surface area contributed by atoms with E-state index in [1.54, 1.807) is 12.1 Å². The van der Waals surface area contributed by atoms with Crippen molar-refractivity contribution in [2.75, 3.05) is 13.7 Å². The van der Waals surface area contributed by atoms with Gasteiger partial charge in [-0.05, 0) is 26.0 Å². The molecule has 1 aromatic carbocycles. The van der Waals surface area contributed by atoms with Crippen molar-refractivity contribution in [1.82, 2.24) is 10.0 Å². The second-order valence-corrected chi connectivity index (χ2v) is 6.84. The van der Waals surface area contributed by atoms with Gasteiger partial charge in [0.25, 0.3) is 5.91 Å². The summed E-state index contributed by atoms with van der Waals surface area (Å²) >= 11 is 0. The topological polar surface area (TPSA) is 128 Å². The Morgan fingerprint density at radius 3 is 2.32 bits per heavy atom. The van der Waals surface area contributed by atoms with Crippen LogP contribution in [0.2, 0.25) is 0 Å². The van der Waals surface area contributed by atoms with Gasteiger partial charge in [-0.25, -0.2) is 17.9 Å². The van der Waals surface area contributed by atoms with Crippen LogP contribution in [0.15, 0.2) is 29.2 Å². The maximum absolute atomic E-state index is 12.0. The molecule has 0 saturated heterocycles. The molecule has 1 aromatic rings. The van der Waals surface area contributed by atoms with E-state index in [1.165, 1.54) is 19.1 Å². The fourth-order valence-corrected chi connectivity index (χ4v) is 2.68. The molecule has 25 heavy (non-hydrogen) atoms. The lowest BCUT2D eigenvalue weighted by atomic mass is 10.2. The van der Waals surface area contributed by atoms with E-state index in [1.807, 2.05) is 12.2 Å². The minimum atomic E-state index is -3.74. The molecule has 0 aliphatic heterocycles. The fraction of sp³-hybridized carbons (Fsp3) is 0.400. The van der Waals surface area contributed by atoms with Gasteiger partial charge in [-0.1, -0.05) is 17.7 Å². The van der Waals surface area contributed by atoms with E-state index in [4.69, 9.17) is 4.74 Å². The van der Waals surface area contributed by atoms with Gasteiger partial charge >= 0.3 is 12.1 Å². The van der Waals surface area contributed by atoms with E-state index < -0.39 is 34.1 Å². The first kappa shape index (κ1) is 20.6. The van der Waals surface area contributed by atoms with Crippen LogP contribution in [-0.4, -0.2) is 46.1 Å². The number of hydrogen-bond donors (Lipinski definition) is 2. The Morgan fingerprint density at radius 2 is 1.76 bits per heavy atom. The molecule has 2 N–H and O–H groups in total. The maximum Gasteiger partial charge on any atom is 0.413 e. The van der Waals surface area contributed by atoms with Crippen LogP contribution in [0.1, 0.15) is 18.9 Å². The zero-order valence-corrected chi connectivity index (χ0v) is 14.9. The first-order chi connectivity index (χ1) is 11.7. The predicted molar refractivity (Wildman–Crippen MR) is 87.1 cm³/mol. The number of aryl methyl sites for hydroxylation is 1. The molecule has 10 heteroatoms. The molecule has 0 aliphatic rings. The monoisotopic (exact) mass is 372 g/mol. The molecule has 0 spiro atoms. The average Bonchev–Trinajstić information content (AvgIpc) is 2.54. The van der Waals surface area contributed by atoms with E-state index in [0.717, 1.165) is 12.7 Å². The van der Waals surface area contributed by atoms with Crippen molar-refractivity contribution in [3.63, 3.8) is 0 Å². The van der Waals surface area contributed by atoms with Gasteiger partial charge in [-0.2, -0.15) is 0 Å². The summed E-state index contributed by atoms with van der Waals surface area (Å²) in [7, 11) is -2.65. The maximum atomic E-state index is 12.0. The molecule has 1 rings (SSSR count). The van der Waals surface area contributed by atoms with Gasteiger partial charge in [-0.15, -0.1) is 0 Å². The Kier molecular flexibility index (Phi) is 7.52. The van der Waals surface area contributed by atoms with Gasteiger partial charge in [0.15, 0.2) is 6.10 Å². The zero-order valence-electron chi connectivity index (χ0n) is 14.1. The Balaban J connectivity index is 2.45. The van der Waals surface area contributed by atoms with E-state index in [2.05, 4.69) is 9.46 Å². The Morgan fingerprint density at radius 1 is 1.16 bits per heavy atom. The zero-order chi connectivity index (χ0) is 19.0. The molecule has 0 fully saturated rings. The summed E-state index contributed by atoms with van der Waals surface area (Å²) in [6, 6.07) is 6.22. The number of hydrogen-bond acceptors (Lipinski definition) is 7. The van der Waals surface area contributed by atoms with Crippen LogP contribution in [0.4, 0.5) is 4.79 Å². The smallest absolute Gasteiger partial charge is 0.413 e. The fourth-order valence-electron chi connectivity index (χ4n) is 1.65. The normalized spacial score (nSPS) is 12.1. The minimum Gasteiger partial charge on any atom is -0.453 e. The number of methoxy groups -OCH3 is 1. The van der Waals surface area contributed by atoms with Crippen LogP contribution in [0.5, 0.6) is 0 Å². The summed E-state index contributed by atoms with van der Waals surface area (Å²) in [6.07, 6.45) is -2.47. The molecule has 9 nitrogen and oxygen atoms in total. The van der Waals surface area contributed by atoms with Crippen molar-refractivity contribution in [1.29, 1.82) is 0 Å². The molecule has 0 bridgehead atoms. The summed E-state index contributed by atoms with van der Waals surface area (Å²) in [4.78, 5) is 34.1. The van der Waals surface area contributed by atoms with Crippen LogP contribution >= 0.6 is 0 Å². The van der Waals surface area contributed by atoms with E-state index in [9.17, 15) is 22.8 Å². The third-order valence-corrected chi connectivity index (χ3v) is 4.52. The molecule has 1 atom stereocenters. The molecule has 0 aromatic heterocycles. The van der Waals surface area contributed by atoms with Crippen LogP contribution in [0.25, 0.3) is 0 Å². The number of carbonyl (C=O) groups excluding carboxylic acids is 3. The van der Waals surface area contributed by atoms with Crippen molar-refractivity contribution in [2.45, 2.75) is 31.3 Å². The third-order valence-electron chi connectivity index (χ3n) is 3.04. The van der Waals surface area contributed by atoms with Gasteiger partial charge in [0, 0.05) is 6.54 Å². The first-order valence-electron chi connectivity index (χ1n) is 7.30. The lowest BCUT2D eigenvalue weighted by molar-refractivity contribution is -0.154. The van der Waals surface area contributed by atoms with E-state index in [-0.39, 0.29) is 17.9 Å². The van der Waals surface area contributed by atoms with Crippen LogP contribution in [0.3, 0.4) is 0 Å². The van der Waals surface area contributed by atoms with Crippen LogP contribution < -0.4 is 10.0 Å². The SMILES string of the molecule is COC(=O)NC(=O)[C@H](C)OC(=O)CCNS(=O)(=O)c1ccc(C)cc1. The minimum absolute atomic E-state index is 0.0808. The van der Waals surface area contributed by atoms with E-state index >= 15 is 0 Å². The van der Waals surface area contributed by atoms with Crippen LogP contribution in [-0.2, 0) is 29.1 Å². The molecular weight excluding hydrogens is 352 g/mol. The Labute approximate surface area is 145 Å². The summed E-state index contributed by atoms with van der Waals surface area (Å²) in [5, 5.41) is 1.85. The predicted octanol–water partition coefficient (Wildman–Crippen LogP) is 0.478. The number of imide groups is 1. The first-order valence-corrected chi connectivity index (χ1v) is 8.78. The Hall–Kier alpha value is -2.46. The molecule has 0 aliphatic carbocycles. The molecule has 2 amide bonds. The quantitative estimate of drug-likeness (QED) is 0.666. The largest absolute Gasteiger partial charge is 0.453 e. The number of esters is 1. The highest BCUT2D eigenvalue weighted by atomic mass is 32.2. The number of ether oxygens (including phenoxy) is 2. The molecule has 0 heterocycles. The van der Waals surface area contributed by atoms with Crippen molar-refractivity contribution >= 4 is 28.0 Å². The molecule has 0 unspecified atom stereocenters. The lowest BCUT2D eigenvalue weighted by Gasteiger charge is -2.12. The number of sulfonamides is 1. The van der Waals surface area contributed by atoms with Gasteiger partial charge in [0.05, 0.1) is 18.4 Å². The number of nitrogens with one attached hydrogen (secondary N) is 2. The number of amides is 2. The van der Waals surface area contributed by atoms with Gasteiger partial charge in [0.1, 0.15) is 0 Å². The molecule has 138 valence electrons. The highest BCUT2D eigenvalue weighted by Gasteiger charge is 2.20. The molecule has 0 radical (unpaired) electrons. The number of alkyl carbamates (subject to hydrolysis) is 1. The van der Waals surface area contributed by atoms with Gasteiger partial charge < -0.3 is 9.47 Å². The second-order valence-electron chi connectivity index (χ2n) is 5.07. The van der Waals surface area contributed by atoms with Crippen LogP contribution in [0, 0.1) is 6.92 Å². The van der Waals surface area contributed by atoms with Crippen molar-refractivity contribution in [3.05, 3.63) is 29.8 Å². The van der Waals surface area contributed by atoms with Crippen molar-refractivity contribution in [3.8, 4) is 0 Å². The standard InChI is InChI=1S/C15H20N2O7S/c1-10-4-6-12(7-5-10)25(21,22)16-9-8-13(18)24-11(2)14(19)17-15(20)23-3/h4-7,11,16H,8-9H2,1-3H3,(H,17,19,20)/t11-/m0/s1. The summed E-state index contributed by atoms with van der Waals surface area (Å²) in [6.45, 7) is 2.91. The van der Waals surface area contributed by atoms with E-state index in [0.29, 0.717) is 0 Å². The lowest BCUT2D eigenvalue weighted by Crippen LogP contribution is -2.39. The molecular formula is C15H20N2O7S. The van der Waals surface area contributed by atoms with Gasteiger partial charge in [0.2, 0.25) is 10.0 Å². The number of carbonyl (C=O) groups is 3. The number of benzene rings is 1. The summed E-state index contributed by atoms with van der Waals surface area (Å²) in [5.74, 6) is -1.64. The summed E-state index contributed by atoms with van der Waals surface area (Å²) < 4.78 is 35.4.